The molecule has 0 spiro atoms. The molecular formula is C27H33ClN6O5S. The number of carbonyl (C=O) groups is 2. The van der Waals surface area contributed by atoms with Crippen molar-refractivity contribution < 1.29 is 22.7 Å². The lowest BCUT2D eigenvalue weighted by molar-refractivity contribution is -0.153. The predicted octanol–water partition coefficient (Wildman–Crippen LogP) is 2.60. The average Bonchev–Trinajstić information content (AvgIpc) is 3.27. The number of nitrogens with two attached hydrogens (primary N) is 1. The van der Waals surface area contributed by atoms with Gasteiger partial charge in [-0.2, -0.15) is 0 Å². The smallest absolute Gasteiger partial charge is 0.329 e. The zero-order valence-electron chi connectivity index (χ0n) is 22.8. The second kappa shape index (κ2) is 12.3. The van der Waals surface area contributed by atoms with Gasteiger partial charge in [-0.05, 0) is 54.5 Å². The molecule has 4 rings (SSSR count). The fraction of sp³-hybridized carbons (Fsp3) is 0.407. The van der Waals surface area contributed by atoms with Gasteiger partial charge >= 0.3 is 5.97 Å². The predicted molar refractivity (Wildman–Crippen MR) is 156 cm³/mol. The van der Waals surface area contributed by atoms with Crippen molar-refractivity contribution in [1.82, 2.24) is 14.9 Å². The van der Waals surface area contributed by atoms with E-state index >= 15 is 0 Å². The third-order valence-corrected chi connectivity index (χ3v) is 8.16. The molecule has 40 heavy (non-hydrogen) atoms. The summed E-state index contributed by atoms with van der Waals surface area (Å²) in [7, 11) is 0.311. The lowest BCUT2D eigenvalue weighted by Gasteiger charge is -2.29. The number of anilines is 3. The van der Waals surface area contributed by atoms with Crippen LogP contribution in [0.25, 0.3) is 10.8 Å². The van der Waals surface area contributed by atoms with Crippen molar-refractivity contribution in [3.05, 3.63) is 52.8 Å². The van der Waals surface area contributed by atoms with E-state index in [1.807, 2.05) is 25.1 Å². The van der Waals surface area contributed by atoms with Crippen molar-refractivity contribution in [3.8, 4) is 0 Å². The first kappa shape index (κ1) is 29.3. The van der Waals surface area contributed by atoms with E-state index in [2.05, 4.69) is 9.97 Å². The van der Waals surface area contributed by atoms with Gasteiger partial charge in [-0.1, -0.05) is 24.6 Å². The number of thiol groups is 1. The Morgan fingerprint density at radius 1 is 1.23 bits per heavy atom. The van der Waals surface area contributed by atoms with Gasteiger partial charge in [0.25, 0.3) is 0 Å². The monoisotopic (exact) mass is 588 g/mol. The van der Waals surface area contributed by atoms with E-state index in [0.717, 1.165) is 26.2 Å². The van der Waals surface area contributed by atoms with Gasteiger partial charge in [0.15, 0.2) is 0 Å². The van der Waals surface area contributed by atoms with Crippen LogP contribution in [0.3, 0.4) is 0 Å². The summed E-state index contributed by atoms with van der Waals surface area (Å²) in [4.78, 5) is 38.5. The molecular weight excluding hydrogens is 556 g/mol. The normalized spacial score (nSPS) is 16.0. The number of hydrogen-bond acceptors (Lipinski definition) is 9. The molecule has 3 aromatic rings. The molecule has 0 aliphatic carbocycles. The standard InChI is InChI=1S/C27H33ClN6O5S/c1-5-16-12-20-17(7-9-30-24(20)29)11-18(16)13-23(27(36)39-6-2)33-10-8-22(26(33)35)34(40(37)38)19-14-21(28)25(31-15-19)32(3)4/h7,9,11-12,14-15,22-23,40H,5-6,8,10,13H2,1-4H3,(H2,29,30)/t22-,23+/m0/s1. The number of pyridine rings is 2. The van der Waals surface area contributed by atoms with Crippen molar-refractivity contribution >= 4 is 62.5 Å². The maximum Gasteiger partial charge on any atom is 0.329 e. The molecule has 0 saturated carbocycles. The molecule has 2 N–H and O–H groups in total. The van der Waals surface area contributed by atoms with Gasteiger partial charge < -0.3 is 20.3 Å². The quantitative estimate of drug-likeness (QED) is 0.270. The lowest BCUT2D eigenvalue weighted by atomic mass is 9.94. The van der Waals surface area contributed by atoms with Crippen LogP contribution in [-0.2, 0) is 38.1 Å². The van der Waals surface area contributed by atoms with Crippen LogP contribution in [0.2, 0.25) is 5.02 Å². The second-order valence-corrected chi connectivity index (χ2v) is 11.0. The van der Waals surface area contributed by atoms with Crippen LogP contribution < -0.4 is 14.9 Å². The van der Waals surface area contributed by atoms with Gasteiger partial charge in [0, 0.05) is 38.6 Å². The Hall–Kier alpha value is -3.64. The Morgan fingerprint density at radius 2 is 1.98 bits per heavy atom. The molecule has 1 aliphatic heterocycles. The third-order valence-electron chi connectivity index (χ3n) is 7.02. The molecule has 1 aromatic carbocycles. The summed E-state index contributed by atoms with van der Waals surface area (Å²) in [5.74, 6) is -0.158. The molecule has 1 saturated heterocycles. The van der Waals surface area contributed by atoms with Crippen LogP contribution in [0.5, 0.6) is 0 Å². The highest BCUT2D eigenvalue weighted by molar-refractivity contribution is 7.74. The summed E-state index contributed by atoms with van der Waals surface area (Å²) < 4.78 is 31.2. The molecule has 0 unspecified atom stereocenters. The highest BCUT2D eigenvalue weighted by atomic mass is 35.5. The number of amides is 1. The van der Waals surface area contributed by atoms with E-state index < -0.39 is 34.9 Å². The van der Waals surface area contributed by atoms with Crippen LogP contribution in [0.1, 0.15) is 31.4 Å². The minimum Gasteiger partial charge on any atom is -0.464 e. The van der Waals surface area contributed by atoms with Crippen molar-refractivity contribution in [2.75, 3.05) is 42.2 Å². The molecule has 1 aliphatic rings. The van der Waals surface area contributed by atoms with Gasteiger partial charge in [0.05, 0.1) is 23.5 Å². The van der Waals surface area contributed by atoms with Gasteiger partial charge in [0.2, 0.25) is 16.8 Å². The van der Waals surface area contributed by atoms with Crippen molar-refractivity contribution in [2.45, 2.75) is 45.2 Å². The second-order valence-electron chi connectivity index (χ2n) is 9.68. The SMILES string of the molecule is CCOC(=O)[C@@H](Cc1cc2ccnc(N)c2cc1CC)N1CC[C@H](N(c2cnc(N(C)C)c(Cl)c2)[SH](=O)=O)C1=O. The summed E-state index contributed by atoms with van der Waals surface area (Å²) >= 11 is 6.35. The fourth-order valence-corrected chi connectivity index (χ4v) is 6.18. The van der Waals surface area contributed by atoms with Crippen LogP contribution in [-0.4, -0.2) is 74.5 Å². The number of ether oxygens (including phenoxy) is 1. The first-order valence-electron chi connectivity index (χ1n) is 13.0. The van der Waals surface area contributed by atoms with E-state index in [0.29, 0.717) is 18.1 Å². The molecule has 2 atom stereocenters. The Labute approximate surface area is 239 Å². The number of aromatic nitrogens is 2. The van der Waals surface area contributed by atoms with E-state index in [1.54, 1.807) is 32.1 Å². The first-order chi connectivity index (χ1) is 19.1. The summed E-state index contributed by atoms with van der Waals surface area (Å²) in [5.41, 5.74) is 8.09. The number of halogens is 1. The highest BCUT2D eigenvalue weighted by Crippen LogP contribution is 2.32. The topological polar surface area (TPSA) is 139 Å². The van der Waals surface area contributed by atoms with E-state index in [-0.39, 0.29) is 36.7 Å². The number of hydrogen-bond donors (Lipinski definition) is 2. The highest BCUT2D eigenvalue weighted by Gasteiger charge is 2.43. The summed E-state index contributed by atoms with van der Waals surface area (Å²) in [6.07, 6.45) is 4.05. The first-order valence-corrected chi connectivity index (χ1v) is 14.5. The van der Waals surface area contributed by atoms with E-state index in [4.69, 9.17) is 22.1 Å². The van der Waals surface area contributed by atoms with Crippen molar-refractivity contribution in [1.29, 1.82) is 0 Å². The molecule has 1 fully saturated rings. The average molecular weight is 589 g/mol. The number of aryl methyl sites for hydroxylation is 1. The Bertz CT molecular complexity index is 1510. The van der Waals surface area contributed by atoms with Gasteiger partial charge in [-0.3, -0.25) is 9.10 Å². The fourth-order valence-electron chi connectivity index (χ4n) is 5.11. The molecule has 11 nitrogen and oxygen atoms in total. The van der Waals surface area contributed by atoms with Crippen LogP contribution in [0, 0.1) is 0 Å². The van der Waals surface area contributed by atoms with E-state index in [9.17, 15) is 18.0 Å². The molecule has 0 radical (unpaired) electrons. The minimum atomic E-state index is -3.21. The molecule has 0 bridgehead atoms. The lowest BCUT2D eigenvalue weighted by Crippen LogP contribution is -2.48. The molecule has 2 aromatic heterocycles. The molecule has 214 valence electrons. The zero-order chi connectivity index (χ0) is 29.1. The Kier molecular flexibility index (Phi) is 8.99. The summed E-state index contributed by atoms with van der Waals surface area (Å²) in [6, 6.07) is 5.24. The number of carbonyl (C=O) groups excluding carboxylic acids is 2. The van der Waals surface area contributed by atoms with Crippen LogP contribution >= 0.6 is 11.6 Å². The van der Waals surface area contributed by atoms with Gasteiger partial charge in [-0.25, -0.2) is 23.2 Å². The van der Waals surface area contributed by atoms with Crippen molar-refractivity contribution in [3.63, 3.8) is 0 Å². The largest absolute Gasteiger partial charge is 0.464 e. The van der Waals surface area contributed by atoms with Gasteiger partial charge in [-0.15, -0.1) is 0 Å². The molecule has 13 heteroatoms. The third kappa shape index (κ3) is 5.78. The number of fused-ring (bicyclic) bond motifs is 1. The maximum absolute atomic E-state index is 13.8. The minimum absolute atomic E-state index is 0.141. The number of esters is 1. The molecule has 3 heterocycles. The van der Waals surface area contributed by atoms with Crippen molar-refractivity contribution in [2.24, 2.45) is 0 Å². The van der Waals surface area contributed by atoms with E-state index in [1.165, 1.54) is 17.2 Å². The number of nitrogens with zero attached hydrogens (tertiary/aromatic N) is 5. The number of benzene rings is 1. The Balaban J connectivity index is 1.68. The Morgan fingerprint density at radius 3 is 2.60 bits per heavy atom. The van der Waals surface area contributed by atoms with Crippen LogP contribution in [0.15, 0.2) is 36.7 Å². The summed E-state index contributed by atoms with van der Waals surface area (Å²) in [6.45, 7) is 4.01. The number of rotatable bonds is 10. The van der Waals surface area contributed by atoms with Crippen LogP contribution in [0.4, 0.5) is 17.3 Å². The maximum atomic E-state index is 13.8. The number of likely N-dealkylation sites (tertiary alicyclic amines) is 1. The van der Waals surface area contributed by atoms with Gasteiger partial charge in [0.1, 0.15) is 23.7 Å². The zero-order valence-corrected chi connectivity index (χ0v) is 24.5. The number of nitrogen functional groups attached to an aromatic ring is 1. The molecule has 1 amide bonds. The summed E-state index contributed by atoms with van der Waals surface area (Å²) in [5, 5.41) is 1.93.